The molecule has 0 unspecified atom stereocenters. The van der Waals surface area contributed by atoms with Gasteiger partial charge in [0.05, 0.1) is 24.8 Å². The predicted octanol–water partition coefficient (Wildman–Crippen LogP) is 1.22. The highest BCUT2D eigenvalue weighted by Crippen LogP contribution is 2.19. The highest BCUT2D eigenvalue weighted by Gasteiger charge is 2.28. The number of hydrogen-bond acceptors (Lipinski definition) is 6. The molecule has 3 rings (SSSR count). The fourth-order valence-electron chi connectivity index (χ4n) is 2.51. The molecular formula is C17H19N5O3. The zero-order chi connectivity index (χ0) is 17.6. The molecule has 0 saturated carbocycles. The van der Waals surface area contributed by atoms with E-state index in [1.807, 2.05) is 13.0 Å². The summed E-state index contributed by atoms with van der Waals surface area (Å²) in [4.78, 5) is 18.4. The molecule has 1 aromatic carbocycles. The molecule has 1 amide bonds. The van der Waals surface area contributed by atoms with Crippen LogP contribution >= 0.6 is 0 Å². The molecule has 1 N–H and O–H groups in total. The molecule has 0 radical (unpaired) electrons. The van der Waals surface area contributed by atoms with E-state index in [0.717, 1.165) is 12.2 Å². The Morgan fingerprint density at radius 2 is 2.28 bits per heavy atom. The molecule has 0 spiro atoms. The van der Waals surface area contributed by atoms with Gasteiger partial charge in [0.15, 0.2) is 12.4 Å². The van der Waals surface area contributed by atoms with E-state index in [9.17, 15) is 4.79 Å². The molecule has 2 heterocycles. The van der Waals surface area contributed by atoms with E-state index in [1.165, 1.54) is 0 Å². The van der Waals surface area contributed by atoms with Gasteiger partial charge in [-0.15, -0.1) is 0 Å². The van der Waals surface area contributed by atoms with Crippen LogP contribution in [-0.2, 0) is 16.0 Å². The summed E-state index contributed by atoms with van der Waals surface area (Å²) in [5, 5.41) is 15.8. The predicted molar refractivity (Wildman–Crippen MR) is 87.7 cm³/mol. The van der Waals surface area contributed by atoms with Gasteiger partial charge in [-0.3, -0.25) is 9.89 Å². The summed E-state index contributed by atoms with van der Waals surface area (Å²) in [6.45, 7) is 3.27. The Balaban J connectivity index is 1.55. The van der Waals surface area contributed by atoms with Gasteiger partial charge in [0.1, 0.15) is 17.7 Å². The number of carbonyl (C=O) groups excluding carboxylic acids is 1. The molecule has 1 fully saturated rings. The number of morpholine rings is 1. The number of rotatable bonds is 5. The fraction of sp³-hybridized carbons (Fsp3) is 0.412. The minimum absolute atomic E-state index is 0.0627. The van der Waals surface area contributed by atoms with E-state index in [1.54, 1.807) is 29.2 Å². The van der Waals surface area contributed by atoms with Gasteiger partial charge < -0.3 is 14.4 Å². The Kier molecular flexibility index (Phi) is 5.26. The Morgan fingerprint density at radius 3 is 2.96 bits per heavy atom. The molecule has 1 aromatic heterocycles. The van der Waals surface area contributed by atoms with E-state index >= 15 is 0 Å². The van der Waals surface area contributed by atoms with Gasteiger partial charge in [-0.05, 0) is 24.3 Å². The van der Waals surface area contributed by atoms with Crippen molar-refractivity contribution >= 4 is 5.91 Å². The number of benzene rings is 1. The van der Waals surface area contributed by atoms with Gasteiger partial charge in [-0.1, -0.05) is 6.92 Å². The van der Waals surface area contributed by atoms with Crippen molar-refractivity contribution in [3.63, 3.8) is 0 Å². The van der Waals surface area contributed by atoms with Crippen LogP contribution in [0, 0.1) is 11.3 Å². The third kappa shape index (κ3) is 4.14. The number of nitrogens with one attached hydrogen (secondary N) is 1. The smallest absolute Gasteiger partial charge is 0.260 e. The average molecular weight is 341 g/mol. The minimum Gasteiger partial charge on any atom is -0.484 e. The average Bonchev–Trinajstić information content (AvgIpc) is 3.16. The summed E-state index contributed by atoms with van der Waals surface area (Å²) in [6, 6.07) is 8.69. The van der Waals surface area contributed by atoms with Crippen molar-refractivity contribution in [3.8, 4) is 11.8 Å². The topological polar surface area (TPSA) is 104 Å². The Morgan fingerprint density at radius 1 is 1.48 bits per heavy atom. The Labute approximate surface area is 145 Å². The maximum atomic E-state index is 12.4. The Hall–Kier alpha value is -2.92. The van der Waals surface area contributed by atoms with Gasteiger partial charge in [0.2, 0.25) is 0 Å². The minimum atomic E-state index is -0.329. The van der Waals surface area contributed by atoms with Gasteiger partial charge in [-0.2, -0.15) is 10.4 Å². The molecule has 8 nitrogen and oxygen atoms in total. The largest absolute Gasteiger partial charge is 0.484 e. The van der Waals surface area contributed by atoms with Crippen LogP contribution in [0.4, 0.5) is 0 Å². The molecule has 1 saturated heterocycles. The number of nitrogens with zero attached hydrogens (tertiary/aromatic N) is 4. The number of ether oxygens (including phenoxy) is 2. The first-order valence-corrected chi connectivity index (χ1v) is 8.13. The molecule has 25 heavy (non-hydrogen) atoms. The van der Waals surface area contributed by atoms with Crippen LogP contribution < -0.4 is 4.74 Å². The SMILES string of the molecule is CCc1nc([C@H]2CN(C(=O)COc3ccc(C#N)cc3)CCO2)n[nH]1. The number of hydrogen-bond donors (Lipinski definition) is 1. The van der Waals surface area contributed by atoms with Gasteiger partial charge in [0, 0.05) is 13.0 Å². The molecule has 1 aliphatic rings. The number of aromatic nitrogens is 3. The van der Waals surface area contributed by atoms with Crippen LogP contribution in [0.5, 0.6) is 5.75 Å². The number of carbonyl (C=O) groups is 1. The lowest BCUT2D eigenvalue weighted by Gasteiger charge is -2.31. The summed E-state index contributed by atoms with van der Waals surface area (Å²) in [6.07, 6.45) is 0.435. The highest BCUT2D eigenvalue weighted by molar-refractivity contribution is 5.77. The maximum absolute atomic E-state index is 12.4. The molecule has 0 aliphatic carbocycles. The molecular weight excluding hydrogens is 322 g/mol. The van der Waals surface area contributed by atoms with Crippen LogP contribution in [0.1, 0.15) is 30.2 Å². The van der Waals surface area contributed by atoms with Crippen molar-refractivity contribution in [2.24, 2.45) is 0 Å². The third-order valence-corrected chi connectivity index (χ3v) is 3.94. The standard InChI is InChI=1S/C17H19N5O3/c1-2-15-19-17(21-20-15)14-10-22(7-8-24-14)16(23)11-25-13-5-3-12(9-18)4-6-13/h3-6,14H,2,7-8,10-11H2,1H3,(H,19,20,21)/t14-/m1/s1. The van der Waals surface area contributed by atoms with Gasteiger partial charge >= 0.3 is 0 Å². The number of amides is 1. The van der Waals surface area contributed by atoms with Crippen molar-refractivity contribution in [1.82, 2.24) is 20.1 Å². The summed E-state index contributed by atoms with van der Waals surface area (Å²) in [5.74, 6) is 1.80. The first-order chi connectivity index (χ1) is 12.2. The van der Waals surface area contributed by atoms with Crippen molar-refractivity contribution in [1.29, 1.82) is 5.26 Å². The zero-order valence-corrected chi connectivity index (χ0v) is 13.9. The number of H-pyrrole nitrogens is 1. The molecule has 1 atom stereocenters. The summed E-state index contributed by atoms with van der Waals surface area (Å²) in [7, 11) is 0. The van der Waals surface area contributed by atoms with Crippen molar-refractivity contribution in [2.75, 3.05) is 26.3 Å². The van der Waals surface area contributed by atoms with Crippen molar-refractivity contribution in [2.45, 2.75) is 19.4 Å². The summed E-state index contributed by atoms with van der Waals surface area (Å²) in [5.41, 5.74) is 0.549. The number of nitriles is 1. The van der Waals surface area contributed by atoms with Crippen molar-refractivity contribution in [3.05, 3.63) is 41.5 Å². The van der Waals surface area contributed by atoms with Crippen LogP contribution in [0.2, 0.25) is 0 Å². The monoisotopic (exact) mass is 341 g/mol. The lowest BCUT2D eigenvalue weighted by atomic mass is 10.2. The second kappa shape index (κ2) is 7.77. The molecule has 0 bridgehead atoms. The molecule has 2 aromatic rings. The number of aromatic amines is 1. The van der Waals surface area contributed by atoms with E-state index in [2.05, 4.69) is 15.2 Å². The first kappa shape index (κ1) is 16.9. The zero-order valence-electron chi connectivity index (χ0n) is 13.9. The second-order valence-electron chi connectivity index (χ2n) is 5.62. The lowest BCUT2D eigenvalue weighted by molar-refractivity contribution is -0.141. The van der Waals surface area contributed by atoms with Gasteiger partial charge in [0.25, 0.3) is 5.91 Å². The van der Waals surface area contributed by atoms with Crippen LogP contribution in [0.25, 0.3) is 0 Å². The number of aryl methyl sites for hydroxylation is 1. The van der Waals surface area contributed by atoms with Crippen LogP contribution in [0.3, 0.4) is 0 Å². The summed E-state index contributed by atoms with van der Waals surface area (Å²) >= 11 is 0. The van der Waals surface area contributed by atoms with Crippen LogP contribution in [0.15, 0.2) is 24.3 Å². The van der Waals surface area contributed by atoms with Crippen molar-refractivity contribution < 1.29 is 14.3 Å². The third-order valence-electron chi connectivity index (χ3n) is 3.94. The molecule has 1 aliphatic heterocycles. The highest BCUT2D eigenvalue weighted by atomic mass is 16.5. The molecule has 130 valence electrons. The summed E-state index contributed by atoms with van der Waals surface area (Å²) < 4.78 is 11.2. The maximum Gasteiger partial charge on any atom is 0.260 e. The van der Waals surface area contributed by atoms with E-state index < -0.39 is 0 Å². The lowest BCUT2D eigenvalue weighted by Crippen LogP contribution is -2.44. The fourth-order valence-corrected chi connectivity index (χ4v) is 2.51. The van der Waals surface area contributed by atoms with Crippen LogP contribution in [-0.4, -0.2) is 52.3 Å². The normalized spacial score (nSPS) is 17.1. The Bertz CT molecular complexity index is 765. The second-order valence-corrected chi connectivity index (χ2v) is 5.62. The van der Waals surface area contributed by atoms with E-state index in [-0.39, 0.29) is 18.6 Å². The van der Waals surface area contributed by atoms with E-state index in [0.29, 0.717) is 36.8 Å². The first-order valence-electron chi connectivity index (χ1n) is 8.13. The van der Waals surface area contributed by atoms with Gasteiger partial charge in [-0.25, -0.2) is 4.98 Å². The molecule has 8 heteroatoms. The van der Waals surface area contributed by atoms with E-state index in [4.69, 9.17) is 14.7 Å². The quantitative estimate of drug-likeness (QED) is 0.877.